The fraction of sp³-hybridized carbons (Fsp3) is 0.0714. The van der Waals surface area contributed by atoms with Gasteiger partial charge in [0.05, 0.1) is 15.7 Å². The molecule has 0 atom stereocenters. The smallest absolute Gasteiger partial charge is 0.262 e. The first kappa shape index (κ1) is 15.9. The average Bonchev–Trinajstić information content (AvgIpc) is 2.42. The van der Waals surface area contributed by atoms with E-state index in [9.17, 15) is 9.18 Å². The maximum atomic E-state index is 12.7. The van der Waals surface area contributed by atoms with Gasteiger partial charge in [0.25, 0.3) is 5.91 Å². The van der Waals surface area contributed by atoms with E-state index in [-0.39, 0.29) is 28.2 Å². The number of carbonyl (C=O) groups excluding carboxylic acids is 1. The maximum absolute atomic E-state index is 12.7. The number of benzene rings is 2. The van der Waals surface area contributed by atoms with Gasteiger partial charge in [-0.15, -0.1) is 0 Å². The molecule has 1 amide bonds. The molecule has 110 valence electrons. The minimum atomic E-state index is -0.453. The van der Waals surface area contributed by atoms with Crippen molar-refractivity contribution >= 4 is 46.4 Å². The normalized spacial score (nSPS) is 10.3. The Kier molecular flexibility index (Phi) is 5.28. The van der Waals surface area contributed by atoms with Gasteiger partial charge in [0.1, 0.15) is 11.6 Å². The average molecular weight is 349 g/mol. The Morgan fingerprint density at radius 3 is 2.24 bits per heavy atom. The summed E-state index contributed by atoms with van der Waals surface area (Å²) in [6.07, 6.45) is 0. The quantitative estimate of drug-likeness (QED) is 0.861. The number of hydrogen-bond donors (Lipinski definition) is 1. The van der Waals surface area contributed by atoms with Crippen LogP contribution < -0.4 is 10.1 Å². The maximum Gasteiger partial charge on any atom is 0.262 e. The number of hydrogen-bond acceptors (Lipinski definition) is 2. The van der Waals surface area contributed by atoms with Crippen LogP contribution in [0.5, 0.6) is 5.75 Å². The van der Waals surface area contributed by atoms with E-state index in [1.807, 2.05) is 0 Å². The second-order valence-electron chi connectivity index (χ2n) is 4.04. The van der Waals surface area contributed by atoms with Crippen molar-refractivity contribution in [2.75, 3.05) is 11.9 Å². The zero-order valence-electron chi connectivity index (χ0n) is 10.5. The molecule has 0 spiro atoms. The van der Waals surface area contributed by atoms with Crippen molar-refractivity contribution in [3.8, 4) is 5.75 Å². The molecule has 0 fully saturated rings. The van der Waals surface area contributed by atoms with E-state index in [1.54, 1.807) is 0 Å². The zero-order valence-corrected chi connectivity index (χ0v) is 12.8. The Morgan fingerprint density at radius 1 is 1.10 bits per heavy atom. The summed E-state index contributed by atoms with van der Waals surface area (Å²) in [7, 11) is 0. The fourth-order valence-electron chi connectivity index (χ4n) is 1.52. The molecular formula is C14H9Cl3FNO2. The van der Waals surface area contributed by atoms with E-state index in [1.165, 1.54) is 36.4 Å². The van der Waals surface area contributed by atoms with Crippen molar-refractivity contribution in [1.82, 2.24) is 0 Å². The fourth-order valence-corrected chi connectivity index (χ4v) is 2.43. The first-order valence-electron chi connectivity index (χ1n) is 5.78. The van der Waals surface area contributed by atoms with Gasteiger partial charge in [0, 0.05) is 5.02 Å². The van der Waals surface area contributed by atoms with Gasteiger partial charge < -0.3 is 10.1 Å². The number of nitrogens with one attached hydrogen (secondary N) is 1. The van der Waals surface area contributed by atoms with E-state index in [0.29, 0.717) is 10.8 Å². The summed E-state index contributed by atoms with van der Waals surface area (Å²) in [5.74, 6) is -0.461. The van der Waals surface area contributed by atoms with E-state index in [4.69, 9.17) is 39.5 Å². The van der Waals surface area contributed by atoms with Gasteiger partial charge in [-0.1, -0.05) is 34.8 Å². The molecule has 21 heavy (non-hydrogen) atoms. The summed E-state index contributed by atoms with van der Waals surface area (Å²) in [5.41, 5.74) is 0.260. The summed E-state index contributed by atoms with van der Waals surface area (Å²) in [4.78, 5) is 11.8. The van der Waals surface area contributed by atoms with Crippen LogP contribution in [0.25, 0.3) is 0 Å². The van der Waals surface area contributed by atoms with Crippen molar-refractivity contribution in [3.63, 3.8) is 0 Å². The second-order valence-corrected chi connectivity index (χ2v) is 5.29. The van der Waals surface area contributed by atoms with Gasteiger partial charge in [-0.3, -0.25) is 4.79 Å². The number of amides is 1. The van der Waals surface area contributed by atoms with E-state index >= 15 is 0 Å². The molecule has 0 aromatic heterocycles. The topological polar surface area (TPSA) is 38.3 Å². The van der Waals surface area contributed by atoms with Crippen LogP contribution >= 0.6 is 34.8 Å². The van der Waals surface area contributed by atoms with Gasteiger partial charge in [0.15, 0.2) is 6.61 Å². The third kappa shape index (κ3) is 4.49. The molecule has 0 saturated carbocycles. The minimum Gasteiger partial charge on any atom is -0.484 e. The molecular weight excluding hydrogens is 340 g/mol. The lowest BCUT2D eigenvalue weighted by Crippen LogP contribution is -2.20. The molecule has 1 N–H and O–H groups in total. The first-order valence-corrected chi connectivity index (χ1v) is 6.92. The van der Waals surface area contributed by atoms with Gasteiger partial charge in [-0.05, 0) is 36.4 Å². The molecule has 0 radical (unpaired) electrons. The predicted octanol–water partition coefficient (Wildman–Crippen LogP) is 4.80. The highest BCUT2D eigenvalue weighted by Crippen LogP contribution is 2.33. The Morgan fingerprint density at radius 2 is 1.67 bits per heavy atom. The molecule has 0 aliphatic rings. The molecule has 2 rings (SSSR count). The summed E-state index contributed by atoms with van der Waals surface area (Å²) in [6, 6.07) is 8.24. The lowest BCUT2D eigenvalue weighted by atomic mass is 10.3. The summed E-state index contributed by atoms with van der Waals surface area (Å²) in [5, 5.41) is 3.34. The van der Waals surface area contributed by atoms with Gasteiger partial charge in [-0.2, -0.15) is 0 Å². The minimum absolute atomic E-state index is 0.225. The molecule has 0 aliphatic heterocycles. The molecule has 0 bridgehead atoms. The highest BCUT2D eigenvalue weighted by Gasteiger charge is 2.11. The van der Waals surface area contributed by atoms with Crippen LogP contribution in [0, 0.1) is 5.82 Å². The summed E-state index contributed by atoms with van der Waals surface area (Å²) < 4.78 is 17.9. The summed E-state index contributed by atoms with van der Waals surface area (Å²) in [6.45, 7) is -0.263. The van der Waals surface area contributed by atoms with Crippen molar-refractivity contribution in [1.29, 1.82) is 0 Å². The lowest BCUT2D eigenvalue weighted by Gasteiger charge is -2.10. The standard InChI is InChI=1S/C14H9Cl3FNO2/c15-8-5-11(16)14(12(17)6-8)19-13(20)7-21-10-3-1-9(18)2-4-10/h1-6H,7H2,(H,19,20). The van der Waals surface area contributed by atoms with Crippen molar-refractivity contribution in [2.24, 2.45) is 0 Å². The van der Waals surface area contributed by atoms with Crippen LogP contribution in [0.1, 0.15) is 0 Å². The molecule has 3 nitrogen and oxygen atoms in total. The molecule has 0 unspecified atom stereocenters. The first-order chi connectivity index (χ1) is 9.95. The van der Waals surface area contributed by atoms with Crippen molar-refractivity contribution < 1.29 is 13.9 Å². The second kappa shape index (κ2) is 6.98. The predicted molar refractivity (Wildman–Crippen MR) is 82.0 cm³/mol. The Labute approximate surface area is 135 Å². The highest BCUT2D eigenvalue weighted by molar-refractivity contribution is 6.42. The SMILES string of the molecule is O=C(COc1ccc(F)cc1)Nc1c(Cl)cc(Cl)cc1Cl. The molecule has 2 aromatic rings. The number of anilines is 1. The third-order valence-electron chi connectivity index (χ3n) is 2.45. The van der Waals surface area contributed by atoms with Gasteiger partial charge in [0.2, 0.25) is 0 Å². The van der Waals surface area contributed by atoms with Crippen LogP contribution in [0.15, 0.2) is 36.4 Å². The van der Waals surface area contributed by atoms with Crippen molar-refractivity contribution in [3.05, 3.63) is 57.3 Å². The third-order valence-corrected chi connectivity index (χ3v) is 3.27. The zero-order chi connectivity index (χ0) is 15.4. The Bertz CT molecular complexity index is 639. The van der Waals surface area contributed by atoms with Crippen LogP contribution in [0.4, 0.5) is 10.1 Å². The molecule has 2 aromatic carbocycles. The Hall–Kier alpha value is -1.49. The molecule has 0 aliphatic carbocycles. The van der Waals surface area contributed by atoms with E-state index < -0.39 is 5.91 Å². The number of rotatable bonds is 4. The van der Waals surface area contributed by atoms with Crippen LogP contribution in [0.2, 0.25) is 15.1 Å². The van der Waals surface area contributed by atoms with Crippen LogP contribution in [-0.4, -0.2) is 12.5 Å². The van der Waals surface area contributed by atoms with Crippen molar-refractivity contribution in [2.45, 2.75) is 0 Å². The molecule has 7 heteroatoms. The lowest BCUT2D eigenvalue weighted by molar-refractivity contribution is -0.118. The number of ether oxygens (including phenoxy) is 1. The van der Waals surface area contributed by atoms with E-state index in [0.717, 1.165) is 0 Å². The Balaban J connectivity index is 1.97. The summed E-state index contributed by atoms with van der Waals surface area (Å²) >= 11 is 17.7. The number of halogens is 4. The molecule has 0 saturated heterocycles. The van der Waals surface area contributed by atoms with Gasteiger partial charge in [-0.25, -0.2) is 4.39 Å². The highest BCUT2D eigenvalue weighted by atomic mass is 35.5. The largest absolute Gasteiger partial charge is 0.484 e. The van der Waals surface area contributed by atoms with Crippen LogP contribution in [-0.2, 0) is 4.79 Å². The number of carbonyl (C=O) groups is 1. The van der Waals surface area contributed by atoms with E-state index in [2.05, 4.69) is 5.32 Å². The molecule has 0 heterocycles. The van der Waals surface area contributed by atoms with Gasteiger partial charge >= 0.3 is 0 Å². The monoisotopic (exact) mass is 347 g/mol. The van der Waals surface area contributed by atoms with Crippen LogP contribution in [0.3, 0.4) is 0 Å².